The van der Waals surface area contributed by atoms with Gasteiger partial charge in [-0.1, -0.05) is 0 Å². The molecule has 0 amide bonds. The fourth-order valence-corrected chi connectivity index (χ4v) is 3.42. The molecular formula is C17H25FN6O. The third kappa shape index (κ3) is 3.73. The highest BCUT2D eigenvalue weighted by Crippen LogP contribution is 2.23. The van der Waals surface area contributed by atoms with Gasteiger partial charge in [-0.05, 0) is 19.4 Å². The molecule has 3 rings (SSSR count). The van der Waals surface area contributed by atoms with Gasteiger partial charge in [0.2, 0.25) is 0 Å². The second-order valence-electron chi connectivity index (χ2n) is 6.58. The van der Waals surface area contributed by atoms with Gasteiger partial charge in [0, 0.05) is 64.9 Å². The van der Waals surface area contributed by atoms with Crippen molar-refractivity contribution in [3.63, 3.8) is 0 Å². The van der Waals surface area contributed by atoms with Gasteiger partial charge in [0.15, 0.2) is 5.82 Å². The number of aryl methyl sites for hydroxylation is 2. The zero-order valence-corrected chi connectivity index (χ0v) is 15.0. The fraction of sp³-hybridized carbons (Fsp3) is 0.588. The van der Waals surface area contributed by atoms with Gasteiger partial charge in [-0.2, -0.15) is 5.10 Å². The summed E-state index contributed by atoms with van der Waals surface area (Å²) in [5, 5.41) is 4.17. The van der Waals surface area contributed by atoms with Crippen molar-refractivity contribution in [3.8, 4) is 0 Å². The molecule has 25 heavy (non-hydrogen) atoms. The number of hydrogen-bond acceptors (Lipinski definition) is 5. The molecule has 136 valence electrons. The van der Waals surface area contributed by atoms with E-state index in [1.54, 1.807) is 23.2 Å². The van der Waals surface area contributed by atoms with E-state index in [4.69, 9.17) is 0 Å². The van der Waals surface area contributed by atoms with E-state index in [0.29, 0.717) is 38.4 Å². The van der Waals surface area contributed by atoms with Crippen LogP contribution in [0.1, 0.15) is 19.0 Å². The first-order valence-corrected chi connectivity index (χ1v) is 8.61. The van der Waals surface area contributed by atoms with Crippen molar-refractivity contribution in [3.05, 3.63) is 40.7 Å². The SMILES string of the molecule is CCn1ccnc(N(C)C[C@@H]2C[C@H](F)CN2Cc2ccnn2C)c1=O. The van der Waals surface area contributed by atoms with Crippen molar-refractivity contribution in [2.24, 2.45) is 7.05 Å². The van der Waals surface area contributed by atoms with E-state index < -0.39 is 6.17 Å². The Morgan fingerprint density at radius 2 is 2.20 bits per heavy atom. The van der Waals surface area contributed by atoms with Crippen LogP contribution in [0.25, 0.3) is 0 Å². The van der Waals surface area contributed by atoms with Gasteiger partial charge < -0.3 is 9.47 Å². The first-order valence-electron chi connectivity index (χ1n) is 8.61. The maximum absolute atomic E-state index is 14.0. The van der Waals surface area contributed by atoms with Crippen LogP contribution in [0, 0.1) is 0 Å². The summed E-state index contributed by atoms with van der Waals surface area (Å²) in [7, 11) is 3.73. The number of alkyl halides is 1. The highest BCUT2D eigenvalue weighted by molar-refractivity contribution is 5.34. The van der Waals surface area contributed by atoms with Gasteiger partial charge in [0.25, 0.3) is 5.56 Å². The van der Waals surface area contributed by atoms with Crippen LogP contribution in [0.5, 0.6) is 0 Å². The van der Waals surface area contributed by atoms with Crippen LogP contribution >= 0.6 is 0 Å². The molecule has 2 atom stereocenters. The lowest BCUT2D eigenvalue weighted by Crippen LogP contribution is -2.41. The second kappa shape index (κ2) is 7.35. The molecule has 1 aliphatic heterocycles. The summed E-state index contributed by atoms with van der Waals surface area (Å²) in [4.78, 5) is 20.6. The lowest BCUT2D eigenvalue weighted by atomic mass is 10.2. The molecule has 1 fully saturated rings. The molecule has 0 N–H and O–H groups in total. The van der Waals surface area contributed by atoms with Crippen LogP contribution in [0.15, 0.2) is 29.5 Å². The van der Waals surface area contributed by atoms with E-state index in [1.807, 2.05) is 36.7 Å². The van der Waals surface area contributed by atoms with E-state index in [9.17, 15) is 9.18 Å². The zero-order chi connectivity index (χ0) is 18.0. The molecular weight excluding hydrogens is 323 g/mol. The second-order valence-corrected chi connectivity index (χ2v) is 6.58. The average Bonchev–Trinajstić information content (AvgIpc) is 3.13. The summed E-state index contributed by atoms with van der Waals surface area (Å²) in [5.41, 5.74) is 0.938. The van der Waals surface area contributed by atoms with Gasteiger partial charge in [-0.3, -0.25) is 14.4 Å². The maximum atomic E-state index is 14.0. The summed E-state index contributed by atoms with van der Waals surface area (Å²) in [6, 6.07) is 1.98. The van der Waals surface area contributed by atoms with Crippen molar-refractivity contribution in [1.82, 2.24) is 24.2 Å². The summed E-state index contributed by atoms with van der Waals surface area (Å²) >= 11 is 0. The van der Waals surface area contributed by atoms with Crippen LogP contribution in [-0.4, -0.2) is 56.6 Å². The molecule has 0 bridgehead atoms. The molecule has 0 radical (unpaired) electrons. The highest BCUT2D eigenvalue weighted by atomic mass is 19.1. The predicted octanol–water partition coefficient (Wildman–Crippen LogP) is 1.05. The minimum Gasteiger partial charge on any atom is -0.354 e. The van der Waals surface area contributed by atoms with E-state index in [1.165, 1.54) is 0 Å². The Morgan fingerprint density at radius 3 is 2.88 bits per heavy atom. The van der Waals surface area contributed by atoms with E-state index in [-0.39, 0.29) is 11.6 Å². The number of aromatic nitrogens is 4. The Bertz CT molecular complexity index is 772. The van der Waals surface area contributed by atoms with Crippen molar-refractivity contribution >= 4 is 5.82 Å². The number of nitrogens with zero attached hydrogens (tertiary/aromatic N) is 6. The summed E-state index contributed by atoms with van der Waals surface area (Å²) < 4.78 is 17.5. The van der Waals surface area contributed by atoms with Gasteiger partial charge in [0.05, 0.1) is 5.69 Å². The maximum Gasteiger partial charge on any atom is 0.293 e. The standard InChI is InChI=1S/C17H25FN6O/c1-4-23-8-7-19-16(17(23)25)21(2)11-15-9-13(18)10-24(15)12-14-5-6-20-22(14)3/h5-8,13,15H,4,9-12H2,1-3H3/t13-,15-/m0/s1. The normalized spacial score (nSPS) is 21.0. The van der Waals surface area contributed by atoms with Gasteiger partial charge in [0.1, 0.15) is 6.17 Å². The van der Waals surface area contributed by atoms with Crippen molar-refractivity contribution in [2.75, 3.05) is 25.0 Å². The first-order chi connectivity index (χ1) is 12.0. The summed E-state index contributed by atoms with van der Waals surface area (Å²) in [6.07, 6.45) is 4.69. The predicted molar refractivity (Wildman–Crippen MR) is 94.4 cm³/mol. The third-order valence-corrected chi connectivity index (χ3v) is 4.85. The summed E-state index contributed by atoms with van der Waals surface area (Å²) in [6.45, 7) is 4.15. The van der Waals surface area contributed by atoms with Crippen LogP contribution in [0.3, 0.4) is 0 Å². The largest absolute Gasteiger partial charge is 0.354 e. The van der Waals surface area contributed by atoms with Gasteiger partial charge in [-0.15, -0.1) is 0 Å². The Kier molecular flexibility index (Phi) is 5.17. The molecule has 2 aromatic heterocycles. The quantitative estimate of drug-likeness (QED) is 0.781. The molecule has 0 unspecified atom stereocenters. The molecule has 1 saturated heterocycles. The average molecular weight is 348 g/mol. The number of halogens is 1. The molecule has 0 aliphatic carbocycles. The van der Waals surface area contributed by atoms with Crippen molar-refractivity contribution in [2.45, 2.75) is 38.6 Å². The third-order valence-electron chi connectivity index (χ3n) is 4.85. The topological polar surface area (TPSA) is 59.2 Å². The lowest BCUT2D eigenvalue weighted by molar-refractivity contribution is 0.231. The first kappa shape index (κ1) is 17.6. The molecule has 0 spiro atoms. The van der Waals surface area contributed by atoms with E-state index in [0.717, 1.165) is 5.69 Å². The number of likely N-dealkylation sites (tertiary alicyclic amines) is 1. The van der Waals surface area contributed by atoms with Crippen LogP contribution < -0.4 is 10.5 Å². The fourth-order valence-electron chi connectivity index (χ4n) is 3.42. The minimum atomic E-state index is -0.845. The molecule has 3 heterocycles. The number of likely N-dealkylation sites (N-methyl/N-ethyl adjacent to an activating group) is 1. The molecule has 2 aromatic rings. The lowest BCUT2D eigenvalue weighted by Gasteiger charge is -2.28. The van der Waals surface area contributed by atoms with Crippen LogP contribution in [0.2, 0.25) is 0 Å². The number of rotatable bonds is 6. The highest BCUT2D eigenvalue weighted by Gasteiger charge is 2.33. The van der Waals surface area contributed by atoms with Crippen LogP contribution in [0.4, 0.5) is 10.2 Å². The van der Waals surface area contributed by atoms with Crippen molar-refractivity contribution < 1.29 is 4.39 Å². The van der Waals surface area contributed by atoms with Gasteiger partial charge in [-0.25, -0.2) is 9.37 Å². The van der Waals surface area contributed by atoms with E-state index in [2.05, 4.69) is 15.0 Å². The number of anilines is 1. The Labute approximate surface area is 146 Å². The molecule has 8 heteroatoms. The summed E-state index contributed by atoms with van der Waals surface area (Å²) in [5.74, 6) is 0.409. The van der Waals surface area contributed by atoms with Crippen LogP contribution in [-0.2, 0) is 20.1 Å². The minimum absolute atomic E-state index is 0.0337. The molecule has 0 saturated carbocycles. The van der Waals surface area contributed by atoms with Gasteiger partial charge >= 0.3 is 0 Å². The Morgan fingerprint density at radius 1 is 1.40 bits per heavy atom. The van der Waals surface area contributed by atoms with E-state index >= 15 is 0 Å². The molecule has 0 aromatic carbocycles. The molecule has 1 aliphatic rings. The smallest absolute Gasteiger partial charge is 0.293 e. The zero-order valence-electron chi connectivity index (χ0n) is 15.0. The van der Waals surface area contributed by atoms with Crippen molar-refractivity contribution in [1.29, 1.82) is 0 Å². The Hall–Kier alpha value is -2.22. The Balaban J connectivity index is 1.74. The monoisotopic (exact) mass is 348 g/mol. The number of hydrogen-bond donors (Lipinski definition) is 0. The molecule has 7 nitrogen and oxygen atoms in total.